The molecule has 0 aliphatic heterocycles. The summed E-state index contributed by atoms with van der Waals surface area (Å²) < 4.78 is 13.3. The van der Waals surface area contributed by atoms with Gasteiger partial charge in [-0.25, -0.2) is 4.39 Å². The predicted octanol–water partition coefficient (Wildman–Crippen LogP) is 5.84. The maximum atomic E-state index is 13.3. The van der Waals surface area contributed by atoms with Gasteiger partial charge in [0.05, 0.1) is 0 Å². The summed E-state index contributed by atoms with van der Waals surface area (Å²) in [7, 11) is 0. The first kappa shape index (κ1) is 21.4. The van der Waals surface area contributed by atoms with E-state index in [1.54, 1.807) is 6.07 Å². The summed E-state index contributed by atoms with van der Waals surface area (Å²) in [5, 5.41) is 3.65. The molecule has 1 aromatic carbocycles. The Morgan fingerprint density at radius 2 is 1.88 bits per heavy atom. The van der Waals surface area contributed by atoms with Gasteiger partial charge in [-0.15, -0.1) is 0 Å². The molecule has 0 bridgehead atoms. The van der Waals surface area contributed by atoms with E-state index in [9.17, 15) is 9.18 Å². The summed E-state index contributed by atoms with van der Waals surface area (Å²) in [6.45, 7) is 10.3. The van der Waals surface area contributed by atoms with Gasteiger partial charge in [0.15, 0.2) is 0 Å². The third kappa shape index (κ3) is 5.45. The molecule has 1 aromatic heterocycles. The molecule has 4 heteroatoms. The number of amides is 1. The van der Waals surface area contributed by atoms with Crippen LogP contribution in [0.3, 0.4) is 0 Å². The molecule has 1 aliphatic carbocycles. The molecule has 0 fully saturated rings. The van der Waals surface area contributed by atoms with Crippen molar-refractivity contribution in [3.8, 4) is 0 Å². The van der Waals surface area contributed by atoms with Gasteiger partial charge < -0.3 is 10.3 Å². The van der Waals surface area contributed by atoms with Crippen LogP contribution in [0, 0.1) is 12.7 Å². The molecule has 0 radical (unpaired) electrons. The van der Waals surface area contributed by atoms with Crippen LogP contribution in [0.4, 0.5) is 4.39 Å². The summed E-state index contributed by atoms with van der Waals surface area (Å²) >= 11 is 0. The van der Waals surface area contributed by atoms with Crippen molar-refractivity contribution in [2.45, 2.75) is 41.0 Å². The molecule has 0 saturated heterocycles. The average Bonchev–Trinajstić information content (AvgIpc) is 2.85. The third-order valence-corrected chi connectivity index (χ3v) is 3.79. The van der Waals surface area contributed by atoms with E-state index in [-0.39, 0.29) is 11.7 Å². The smallest absolute Gasteiger partial charge is 0.268 e. The van der Waals surface area contributed by atoms with Gasteiger partial charge in [0, 0.05) is 17.4 Å². The first-order chi connectivity index (χ1) is 12.6. The average molecular weight is 356 g/mol. The molecular formula is C22H29FN2O. The molecule has 0 spiro atoms. The second-order valence-corrected chi connectivity index (χ2v) is 5.34. The number of allylic oxidation sites excluding steroid dienone is 5. The van der Waals surface area contributed by atoms with E-state index >= 15 is 0 Å². The number of hydrogen-bond acceptors (Lipinski definition) is 1. The number of hydrogen-bond donors (Lipinski definition) is 2. The highest BCUT2D eigenvalue weighted by Gasteiger charge is 2.15. The van der Waals surface area contributed by atoms with Gasteiger partial charge in [-0.3, -0.25) is 4.79 Å². The maximum Gasteiger partial charge on any atom is 0.268 e. The molecule has 1 aliphatic rings. The van der Waals surface area contributed by atoms with Crippen molar-refractivity contribution in [2.75, 3.05) is 6.54 Å². The number of H-pyrrole nitrogens is 1. The zero-order valence-electron chi connectivity index (χ0n) is 16.3. The molecule has 0 saturated carbocycles. The summed E-state index contributed by atoms with van der Waals surface area (Å²) in [6.07, 6.45) is 10.8. The van der Waals surface area contributed by atoms with Crippen molar-refractivity contribution < 1.29 is 9.18 Å². The summed E-state index contributed by atoms with van der Waals surface area (Å²) in [6, 6.07) is 4.48. The van der Waals surface area contributed by atoms with Crippen LogP contribution in [0.15, 0.2) is 54.2 Å². The van der Waals surface area contributed by atoms with E-state index < -0.39 is 0 Å². The zero-order chi connectivity index (χ0) is 19.5. The second-order valence-electron chi connectivity index (χ2n) is 5.34. The fourth-order valence-electron chi connectivity index (χ4n) is 2.56. The molecule has 1 amide bonds. The first-order valence-electron chi connectivity index (χ1n) is 9.22. The van der Waals surface area contributed by atoms with Crippen molar-refractivity contribution in [1.29, 1.82) is 0 Å². The number of carbonyl (C=O) groups is 1. The Hall–Kier alpha value is -2.62. The number of aromatic nitrogens is 1. The first-order valence-corrected chi connectivity index (χ1v) is 9.22. The Bertz CT molecular complexity index is 813. The molecule has 1 heterocycles. The van der Waals surface area contributed by atoms with E-state index in [0.717, 1.165) is 28.5 Å². The van der Waals surface area contributed by atoms with Crippen molar-refractivity contribution in [2.24, 2.45) is 0 Å². The van der Waals surface area contributed by atoms with Gasteiger partial charge in [0.1, 0.15) is 11.5 Å². The topological polar surface area (TPSA) is 44.9 Å². The van der Waals surface area contributed by atoms with Gasteiger partial charge in [0.25, 0.3) is 5.91 Å². The Morgan fingerprint density at radius 3 is 2.62 bits per heavy atom. The fraction of sp³-hybridized carbons (Fsp3) is 0.318. The minimum atomic E-state index is -0.302. The fourth-order valence-corrected chi connectivity index (χ4v) is 2.56. The van der Waals surface area contributed by atoms with Crippen molar-refractivity contribution in [3.05, 3.63) is 71.2 Å². The lowest BCUT2D eigenvalue weighted by Crippen LogP contribution is -2.26. The summed E-state index contributed by atoms with van der Waals surface area (Å²) in [4.78, 5) is 15.4. The Labute approximate surface area is 155 Å². The minimum Gasteiger partial charge on any atom is -0.350 e. The predicted molar refractivity (Wildman–Crippen MR) is 109 cm³/mol. The zero-order valence-corrected chi connectivity index (χ0v) is 16.3. The molecule has 26 heavy (non-hydrogen) atoms. The molecule has 3 rings (SSSR count). The highest BCUT2D eigenvalue weighted by molar-refractivity contribution is 6.00. The van der Waals surface area contributed by atoms with E-state index in [2.05, 4.69) is 16.4 Å². The third-order valence-electron chi connectivity index (χ3n) is 3.79. The van der Waals surface area contributed by atoms with Crippen LogP contribution in [0.2, 0.25) is 0 Å². The lowest BCUT2D eigenvalue weighted by Gasteiger charge is -2.06. The Morgan fingerprint density at radius 1 is 1.15 bits per heavy atom. The largest absolute Gasteiger partial charge is 0.350 e. The molecule has 2 aromatic rings. The standard InChI is InChI=1S/C18H17FN2O.2C2H6/c1-12-15-10-14(19)8-9-16(15)21-17(12)18(22)20-11-13-6-4-2-3-5-7-13;2*1-2/h2-6,8-10,21H,7,11H2,1H3,(H,20,22);2*1-2H3. The molecule has 0 unspecified atom stereocenters. The highest BCUT2D eigenvalue weighted by Crippen LogP contribution is 2.22. The van der Waals surface area contributed by atoms with E-state index in [1.807, 2.05) is 58.9 Å². The van der Waals surface area contributed by atoms with Crippen LogP contribution in [0.25, 0.3) is 10.9 Å². The minimum absolute atomic E-state index is 0.174. The number of nitrogens with one attached hydrogen (secondary N) is 2. The normalized spacial score (nSPS) is 12.3. The monoisotopic (exact) mass is 356 g/mol. The lowest BCUT2D eigenvalue weighted by atomic mass is 10.1. The van der Waals surface area contributed by atoms with Crippen LogP contribution in [0.5, 0.6) is 0 Å². The van der Waals surface area contributed by atoms with Crippen molar-refractivity contribution >= 4 is 16.8 Å². The van der Waals surface area contributed by atoms with E-state index in [4.69, 9.17) is 0 Å². The quantitative estimate of drug-likeness (QED) is 0.713. The number of fused-ring (bicyclic) bond motifs is 1. The number of halogens is 1. The number of aromatic amines is 1. The number of benzene rings is 1. The number of rotatable bonds is 3. The van der Waals surface area contributed by atoms with E-state index in [0.29, 0.717) is 12.2 Å². The van der Waals surface area contributed by atoms with Crippen LogP contribution in [0.1, 0.15) is 50.2 Å². The van der Waals surface area contributed by atoms with Crippen molar-refractivity contribution in [3.63, 3.8) is 0 Å². The SMILES string of the molecule is CC.CC.Cc1c(C(=O)NCC2=CC=CC=CC2)[nH]c2ccc(F)cc12. The van der Waals surface area contributed by atoms with Gasteiger partial charge in [0.2, 0.25) is 0 Å². The van der Waals surface area contributed by atoms with E-state index in [1.165, 1.54) is 12.1 Å². The van der Waals surface area contributed by atoms with Gasteiger partial charge in [-0.2, -0.15) is 0 Å². The maximum absolute atomic E-state index is 13.3. The summed E-state index contributed by atoms with van der Waals surface area (Å²) in [5.74, 6) is -0.476. The highest BCUT2D eigenvalue weighted by atomic mass is 19.1. The van der Waals surface area contributed by atoms with Crippen molar-refractivity contribution in [1.82, 2.24) is 10.3 Å². The van der Waals surface area contributed by atoms with Crippen LogP contribution in [-0.2, 0) is 0 Å². The number of aryl methyl sites for hydroxylation is 1. The summed E-state index contributed by atoms with van der Waals surface area (Å²) in [5.41, 5.74) is 3.16. The van der Waals surface area contributed by atoms with Gasteiger partial charge in [-0.1, -0.05) is 58.1 Å². The van der Waals surface area contributed by atoms with Crippen LogP contribution >= 0.6 is 0 Å². The number of carbonyl (C=O) groups excluding carboxylic acids is 1. The van der Waals surface area contributed by atoms with Crippen LogP contribution in [-0.4, -0.2) is 17.4 Å². The molecule has 2 N–H and O–H groups in total. The second kappa shape index (κ2) is 11.1. The Balaban J connectivity index is 0.000000791. The molecule has 140 valence electrons. The molecular weight excluding hydrogens is 327 g/mol. The lowest BCUT2D eigenvalue weighted by molar-refractivity contribution is 0.0952. The Kier molecular flexibility index (Phi) is 9.13. The molecule has 3 nitrogen and oxygen atoms in total. The van der Waals surface area contributed by atoms with Gasteiger partial charge >= 0.3 is 0 Å². The van der Waals surface area contributed by atoms with Gasteiger partial charge in [-0.05, 0) is 42.7 Å². The molecule has 0 atom stereocenters. The van der Waals surface area contributed by atoms with Crippen LogP contribution < -0.4 is 5.32 Å².